The van der Waals surface area contributed by atoms with Crippen molar-refractivity contribution in [3.8, 4) is 17.1 Å². The van der Waals surface area contributed by atoms with E-state index in [1.807, 2.05) is 35.8 Å². The average Bonchev–Trinajstić information content (AvgIpc) is 3.59. The van der Waals surface area contributed by atoms with Crippen molar-refractivity contribution in [2.45, 2.75) is 50.4 Å². The summed E-state index contributed by atoms with van der Waals surface area (Å²) >= 11 is 2.61. The lowest BCUT2D eigenvalue weighted by Gasteiger charge is -2.13. The van der Waals surface area contributed by atoms with Gasteiger partial charge in [0, 0.05) is 17.0 Å². The van der Waals surface area contributed by atoms with Crippen LogP contribution in [0.15, 0.2) is 48.1 Å². The second kappa shape index (κ2) is 11.5. The number of hydrogen-bond donors (Lipinski definition) is 1. The number of carbonyl (C=O) groups is 2. The molecule has 1 aliphatic rings. The Bertz CT molecular complexity index is 1200. The molecule has 0 spiro atoms. The molecule has 3 aromatic rings. The Kier molecular flexibility index (Phi) is 8.25. The fourth-order valence-electron chi connectivity index (χ4n) is 3.95. The van der Waals surface area contributed by atoms with Gasteiger partial charge in [-0.1, -0.05) is 17.8 Å². The third kappa shape index (κ3) is 6.12. The number of benzene rings is 1. The quantitative estimate of drug-likeness (QED) is 0.223. The Morgan fingerprint density at radius 2 is 2.00 bits per heavy atom. The van der Waals surface area contributed by atoms with Crippen LogP contribution in [0.25, 0.3) is 11.4 Å². The minimum Gasteiger partial charge on any atom is -0.490 e. The van der Waals surface area contributed by atoms with Crippen LogP contribution in [0.5, 0.6) is 5.75 Å². The van der Waals surface area contributed by atoms with Crippen LogP contribution in [-0.4, -0.2) is 45.6 Å². The first kappa shape index (κ1) is 25.0. The first-order valence-electron chi connectivity index (χ1n) is 11.4. The molecule has 2 aromatic heterocycles. The molecule has 1 aromatic carbocycles. The number of nitrogens with zero attached hydrogens (tertiary/aromatic N) is 3. The van der Waals surface area contributed by atoms with E-state index in [1.54, 1.807) is 12.1 Å². The number of amides is 1. The summed E-state index contributed by atoms with van der Waals surface area (Å²) in [5, 5.41) is 12.6. The van der Waals surface area contributed by atoms with Crippen molar-refractivity contribution in [2.75, 3.05) is 18.2 Å². The molecule has 2 heterocycles. The van der Waals surface area contributed by atoms with Crippen LogP contribution in [0.1, 0.15) is 40.9 Å². The second-order valence-electron chi connectivity index (χ2n) is 8.18. The summed E-state index contributed by atoms with van der Waals surface area (Å²) < 4.78 is 12.8. The number of thiophene rings is 1. The highest BCUT2D eigenvalue weighted by atomic mass is 32.2. The van der Waals surface area contributed by atoms with Gasteiger partial charge in [0.25, 0.3) is 0 Å². The molecule has 184 valence electrons. The van der Waals surface area contributed by atoms with Crippen molar-refractivity contribution in [3.05, 3.63) is 53.4 Å². The molecule has 35 heavy (non-hydrogen) atoms. The number of methoxy groups -OCH3 is 1. The zero-order valence-corrected chi connectivity index (χ0v) is 21.4. The molecule has 0 radical (unpaired) electrons. The highest BCUT2D eigenvalue weighted by Crippen LogP contribution is 2.30. The molecule has 1 aliphatic carbocycles. The van der Waals surface area contributed by atoms with E-state index in [4.69, 9.17) is 9.47 Å². The van der Waals surface area contributed by atoms with Crippen LogP contribution in [0, 0.1) is 6.92 Å². The number of rotatable bonds is 10. The molecule has 4 rings (SSSR count). The number of nitrogens with one attached hydrogen (secondary N) is 1. The average molecular weight is 513 g/mol. The summed E-state index contributed by atoms with van der Waals surface area (Å²) in [4.78, 5) is 25.5. The molecule has 0 saturated heterocycles. The minimum atomic E-state index is -0.479. The van der Waals surface area contributed by atoms with E-state index in [1.165, 1.54) is 43.1 Å². The van der Waals surface area contributed by atoms with Crippen molar-refractivity contribution in [3.63, 3.8) is 0 Å². The molecular weight excluding hydrogens is 484 g/mol. The van der Waals surface area contributed by atoms with E-state index in [9.17, 15) is 9.59 Å². The van der Waals surface area contributed by atoms with E-state index < -0.39 is 5.97 Å². The zero-order chi connectivity index (χ0) is 24.8. The molecule has 1 saturated carbocycles. The zero-order valence-electron chi connectivity index (χ0n) is 19.8. The van der Waals surface area contributed by atoms with E-state index in [0.717, 1.165) is 29.0 Å². The number of ether oxygens (including phenoxy) is 2. The Morgan fingerprint density at radius 1 is 1.26 bits per heavy atom. The standard InChI is InChI=1S/C25H28N4O4S2/c1-4-13-29-22(17-9-11-19(12-10-17)33-18-7-5-6-8-18)27-28-25(29)34-15-21(30)26-23-20(24(31)32-3)14-16(2)35-23/h4,9-12,14,18H,1,5-8,13,15H2,2-3H3,(H,26,30). The SMILES string of the molecule is C=CCn1c(SCC(=O)Nc2sc(C)cc2C(=O)OC)nnc1-c1ccc(OC2CCCC2)cc1. The van der Waals surface area contributed by atoms with Gasteiger partial charge in [0.1, 0.15) is 10.8 Å². The van der Waals surface area contributed by atoms with Gasteiger partial charge in [-0.15, -0.1) is 28.1 Å². The lowest BCUT2D eigenvalue weighted by atomic mass is 10.2. The molecule has 0 bridgehead atoms. The second-order valence-corrected chi connectivity index (χ2v) is 10.4. The van der Waals surface area contributed by atoms with Crippen LogP contribution >= 0.6 is 23.1 Å². The number of anilines is 1. The van der Waals surface area contributed by atoms with Gasteiger partial charge in [-0.2, -0.15) is 0 Å². The lowest BCUT2D eigenvalue weighted by Crippen LogP contribution is -2.16. The molecule has 0 unspecified atom stereocenters. The van der Waals surface area contributed by atoms with Crippen LogP contribution in [0.3, 0.4) is 0 Å². The predicted molar refractivity (Wildman–Crippen MR) is 138 cm³/mol. The smallest absolute Gasteiger partial charge is 0.340 e. The first-order valence-corrected chi connectivity index (χ1v) is 13.2. The topological polar surface area (TPSA) is 95.3 Å². The Balaban J connectivity index is 1.43. The number of allylic oxidation sites excluding steroid dienone is 1. The van der Waals surface area contributed by atoms with E-state index in [-0.39, 0.29) is 11.7 Å². The molecule has 0 atom stereocenters. The molecular formula is C25H28N4O4S2. The first-order chi connectivity index (χ1) is 17.0. The third-order valence-electron chi connectivity index (χ3n) is 5.59. The van der Waals surface area contributed by atoms with E-state index >= 15 is 0 Å². The monoisotopic (exact) mass is 512 g/mol. The van der Waals surface area contributed by atoms with Crippen LogP contribution in [-0.2, 0) is 16.1 Å². The number of carbonyl (C=O) groups excluding carboxylic acids is 2. The fraction of sp³-hybridized carbons (Fsp3) is 0.360. The lowest BCUT2D eigenvalue weighted by molar-refractivity contribution is -0.113. The molecule has 0 aliphatic heterocycles. The number of aromatic nitrogens is 3. The minimum absolute atomic E-state index is 0.112. The van der Waals surface area contributed by atoms with Crippen molar-refractivity contribution in [1.82, 2.24) is 14.8 Å². The van der Waals surface area contributed by atoms with Crippen LogP contribution in [0.2, 0.25) is 0 Å². The number of aryl methyl sites for hydroxylation is 1. The van der Waals surface area contributed by atoms with Crippen molar-refractivity contribution >= 4 is 40.0 Å². The van der Waals surface area contributed by atoms with Crippen LogP contribution < -0.4 is 10.1 Å². The highest BCUT2D eigenvalue weighted by molar-refractivity contribution is 7.99. The maximum Gasteiger partial charge on any atom is 0.340 e. The maximum absolute atomic E-state index is 12.6. The number of thioether (sulfide) groups is 1. The maximum atomic E-state index is 12.6. The van der Waals surface area contributed by atoms with Crippen LogP contribution in [0.4, 0.5) is 5.00 Å². The molecule has 10 heteroatoms. The van der Waals surface area contributed by atoms with Gasteiger partial charge in [-0.3, -0.25) is 9.36 Å². The van der Waals surface area contributed by atoms with E-state index in [0.29, 0.717) is 34.2 Å². The Hall–Kier alpha value is -3.11. The van der Waals surface area contributed by atoms with Gasteiger partial charge >= 0.3 is 5.97 Å². The van der Waals surface area contributed by atoms with Crippen molar-refractivity contribution in [1.29, 1.82) is 0 Å². The molecule has 1 N–H and O–H groups in total. The Labute approximate surface area is 212 Å². The van der Waals surface area contributed by atoms with Gasteiger partial charge in [-0.05, 0) is 62.9 Å². The molecule has 1 fully saturated rings. The van der Waals surface area contributed by atoms with Gasteiger partial charge in [-0.25, -0.2) is 4.79 Å². The summed E-state index contributed by atoms with van der Waals surface area (Å²) in [5.74, 6) is 0.942. The highest BCUT2D eigenvalue weighted by Gasteiger charge is 2.20. The van der Waals surface area contributed by atoms with Gasteiger partial charge < -0.3 is 14.8 Å². The van der Waals surface area contributed by atoms with Gasteiger partial charge in [0.15, 0.2) is 11.0 Å². The normalized spacial score (nSPS) is 13.5. The molecule has 8 nitrogen and oxygen atoms in total. The van der Waals surface area contributed by atoms with Crippen molar-refractivity contribution in [2.24, 2.45) is 0 Å². The summed E-state index contributed by atoms with van der Waals surface area (Å²) in [5.41, 5.74) is 1.26. The number of hydrogen-bond acceptors (Lipinski definition) is 8. The fourth-order valence-corrected chi connectivity index (χ4v) is 5.61. The third-order valence-corrected chi connectivity index (χ3v) is 7.52. The predicted octanol–water partition coefficient (Wildman–Crippen LogP) is 5.34. The summed E-state index contributed by atoms with van der Waals surface area (Å²) in [7, 11) is 1.32. The Morgan fingerprint density at radius 3 is 2.69 bits per heavy atom. The summed E-state index contributed by atoms with van der Waals surface area (Å²) in [6.07, 6.45) is 6.75. The summed E-state index contributed by atoms with van der Waals surface area (Å²) in [6, 6.07) is 9.58. The van der Waals surface area contributed by atoms with Gasteiger partial charge in [0.2, 0.25) is 5.91 Å². The van der Waals surface area contributed by atoms with Crippen molar-refractivity contribution < 1.29 is 19.1 Å². The largest absolute Gasteiger partial charge is 0.490 e. The number of esters is 1. The van der Waals surface area contributed by atoms with E-state index in [2.05, 4.69) is 22.1 Å². The molecule has 1 amide bonds. The summed E-state index contributed by atoms with van der Waals surface area (Å²) in [6.45, 7) is 6.22. The van der Waals surface area contributed by atoms with Gasteiger partial charge in [0.05, 0.1) is 24.5 Å².